The molecule has 0 aliphatic carbocycles. The van der Waals surface area contributed by atoms with Gasteiger partial charge in [0.1, 0.15) is 5.65 Å². The van der Waals surface area contributed by atoms with Gasteiger partial charge in [-0.25, -0.2) is 4.98 Å². The normalized spacial score (nSPS) is 11.4. The number of hydrogen-bond donors (Lipinski definition) is 0. The van der Waals surface area contributed by atoms with Crippen LogP contribution in [0.15, 0.2) is 16.9 Å². The van der Waals surface area contributed by atoms with Crippen LogP contribution in [0.5, 0.6) is 0 Å². The monoisotopic (exact) mass is 334 g/mol. The third kappa shape index (κ3) is 2.50. The maximum atomic E-state index is 12.8. The Hall–Kier alpha value is -2.42. The Morgan fingerprint density at radius 2 is 1.24 bits per heavy atom. The summed E-state index contributed by atoms with van der Waals surface area (Å²) in [5.41, 5.74) is 12.1. The number of fused-ring (bicyclic) bond motifs is 1. The molecule has 1 aromatic carbocycles. The molecule has 0 N–H and O–H groups in total. The number of nitrogens with zero attached hydrogens (tertiary/aromatic N) is 2. The molecule has 3 nitrogen and oxygen atoms in total. The van der Waals surface area contributed by atoms with Gasteiger partial charge in [-0.15, -0.1) is 0 Å². The highest BCUT2D eigenvalue weighted by atomic mass is 16.1. The molecule has 0 aliphatic heterocycles. The average molecular weight is 334 g/mol. The van der Waals surface area contributed by atoms with E-state index in [0.717, 1.165) is 33.7 Å². The van der Waals surface area contributed by atoms with Crippen LogP contribution in [0.2, 0.25) is 0 Å². The number of benzene rings is 1. The summed E-state index contributed by atoms with van der Waals surface area (Å²) >= 11 is 0. The minimum absolute atomic E-state index is 0.0183. The van der Waals surface area contributed by atoms with Gasteiger partial charge in [-0.2, -0.15) is 0 Å². The van der Waals surface area contributed by atoms with Gasteiger partial charge in [-0.3, -0.25) is 9.20 Å². The first-order chi connectivity index (χ1) is 11.6. The fourth-order valence-corrected chi connectivity index (χ4v) is 3.70. The van der Waals surface area contributed by atoms with Crippen molar-refractivity contribution in [3.63, 3.8) is 0 Å². The number of aryl methyl sites for hydroxylation is 2. The Bertz CT molecular complexity index is 1060. The van der Waals surface area contributed by atoms with Crippen molar-refractivity contribution in [2.45, 2.75) is 55.4 Å². The van der Waals surface area contributed by atoms with Gasteiger partial charge in [-0.1, -0.05) is 0 Å². The highest BCUT2D eigenvalue weighted by molar-refractivity contribution is 5.73. The summed E-state index contributed by atoms with van der Waals surface area (Å²) in [6.07, 6.45) is 0. The van der Waals surface area contributed by atoms with Crippen molar-refractivity contribution in [3.05, 3.63) is 67.1 Å². The molecule has 2 heterocycles. The molecule has 0 saturated heterocycles. The number of rotatable bonds is 1. The molecule has 0 unspecified atom stereocenters. The van der Waals surface area contributed by atoms with Crippen molar-refractivity contribution >= 4 is 5.65 Å². The van der Waals surface area contributed by atoms with Crippen molar-refractivity contribution in [2.75, 3.05) is 0 Å². The highest BCUT2D eigenvalue weighted by Crippen LogP contribution is 2.33. The molecule has 2 aromatic heterocycles. The standard InChI is InChI=1S/C22H26N2O/c1-11-9-20-23-19(10-21(25)24(20)18(8)12(11)2)22-16(6)14(4)13(3)15(5)17(22)7/h9-10H,1-8H3. The van der Waals surface area contributed by atoms with E-state index in [1.54, 1.807) is 10.5 Å². The van der Waals surface area contributed by atoms with Gasteiger partial charge in [0.25, 0.3) is 5.56 Å². The summed E-state index contributed by atoms with van der Waals surface area (Å²) in [4.78, 5) is 17.7. The maximum absolute atomic E-state index is 12.8. The lowest BCUT2D eigenvalue weighted by atomic mass is 9.88. The van der Waals surface area contributed by atoms with Crippen LogP contribution in [0.25, 0.3) is 16.9 Å². The van der Waals surface area contributed by atoms with Crippen molar-refractivity contribution in [1.29, 1.82) is 0 Å². The van der Waals surface area contributed by atoms with Crippen molar-refractivity contribution in [3.8, 4) is 11.3 Å². The van der Waals surface area contributed by atoms with Gasteiger partial charge in [0, 0.05) is 17.3 Å². The van der Waals surface area contributed by atoms with Gasteiger partial charge in [0.05, 0.1) is 5.69 Å². The quantitative estimate of drug-likeness (QED) is 0.639. The topological polar surface area (TPSA) is 34.4 Å². The second kappa shape index (κ2) is 5.83. The molecular weight excluding hydrogens is 308 g/mol. The van der Waals surface area contributed by atoms with Crippen LogP contribution in [0.1, 0.15) is 44.6 Å². The molecule has 25 heavy (non-hydrogen) atoms. The van der Waals surface area contributed by atoms with E-state index < -0.39 is 0 Å². The van der Waals surface area contributed by atoms with Crippen molar-refractivity contribution in [2.24, 2.45) is 0 Å². The summed E-state index contributed by atoms with van der Waals surface area (Å²) in [5, 5.41) is 0. The van der Waals surface area contributed by atoms with Gasteiger partial charge in [-0.05, 0) is 100 Å². The fraction of sp³-hybridized carbons (Fsp3) is 0.364. The Kier molecular flexibility index (Phi) is 4.06. The summed E-state index contributed by atoms with van der Waals surface area (Å²) < 4.78 is 1.71. The molecule has 130 valence electrons. The number of pyridine rings is 1. The summed E-state index contributed by atoms with van der Waals surface area (Å²) in [5.74, 6) is 0. The molecule has 0 spiro atoms. The molecule has 0 aliphatic rings. The second-order valence-corrected chi connectivity index (χ2v) is 7.21. The predicted octanol–water partition coefficient (Wildman–Crippen LogP) is 4.83. The Labute approximate surface area is 149 Å². The van der Waals surface area contributed by atoms with Crippen LogP contribution in [0.4, 0.5) is 0 Å². The molecule has 3 heteroatoms. The largest absolute Gasteiger partial charge is 0.269 e. The van der Waals surface area contributed by atoms with Gasteiger partial charge >= 0.3 is 0 Å². The molecular formula is C22H26N2O. The lowest BCUT2D eigenvalue weighted by Crippen LogP contribution is -2.18. The molecule has 0 amide bonds. The van der Waals surface area contributed by atoms with E-state index in [1.165, 1.54) is 27.8 Å². The minimum Gasteiger partial charge on any atom is -0.269 e. The average Bonchev–Trinajstić information content (AvgIpc) is 2.56. The third-order valence-corrected chi connectivity index (χ3v) is 6.02. The third-order valence-electron chi connectivity index (χ3n) is 6.02. The van der Waals surface area contributed by atoms with E-state index in [4.69, 9.17) is 4.98 Å². The van der Waals surface area contributed by atoms with E-state index >= 15 is 0 Å². The molecule has 0 atom stereocenters. The SMILES string of the molecule is Cc1cc2nc(-c3c(C)c(C)c(C)c(C)c3C)cc(=O)n2c(C)c1C. The second-order valence-electron chi connectivity index (χ2n) is 7.21. The van der Waals surface area contributed by atoms with Crippen LogP contribution in [0.3, 0.4) is 0 Å². The minimum atomic E-state index is -0.0183. The Morgan fingerprint density at radius 3 is 1.80 bits per heavy atom. The van der Waals surface area contributed by atoms with Crippen molar-refractivity contribution in [1.82, 2.24) is 9.38 Å². The van der Waals surface area contributed by atoms with Crippen LogP contribution in [-0.4, -0.2) is 9.38 Å². The summed E-state index contributed by atoms with van der Waals surface area (Å²) in [7, 11) is 0. The zero-order valence-electron chi connectivity index (χ0n) is 16.5. The van der Waals surface area contributed by atoms with E-state index in [1.807, 2.05) is 19.9 Å². The molecule has 0 bridgehead atoms. The fourth-order valence-electron chi connectivity index (χ4n) is 3.70. The van der Waals surface area contributed by atoms with Gasteiger partial charge in [0.15, 0.2) is 0 Å². The zero-order chi connectivity index (χ0) is 18.6. The van der Waals surface area contributed by atoms with Gasteiger partial charge < -0.3 is 0 Å². The summed E-state index contributed by atoms with van der Waals surface area (Å²) in [6.45, 7) is 16.8. The van der Waals surface area contributed by atoms with E-state index in [9.17, 15) is 4.79 Å². The first kappa shape index (κ1) is 17.4. The predicted molar refractivity (Wildman–Crippen MR) is 105 cm³/mol. The molecule has 3 aromatic rings. The highest BCUT2D eigenvalue weighted by Gasteiger charge is 2.17. The molecule has 3 rings (SSSR count). The lowest BCUT2D eigenvalue weighted by molar-refractivity contribution is 0.965. The first-order valence-electron chi connectivity index (χ1n) is 8.73. The van der Waals surface area contributed by atoms with Crippen molar-refractivity contribution < 1.29 is 0 Å². The van der Waals surface area contributed by atoms with E-state index in [2.05, 4.69) is 41.5 Å². The smallest absolute Gasteiger partial charge is 0.258 e. The lowest BCUT2D eigenvalue weighted by Gasteiger charge is -2.19. The van der Waals surface area contributed by atoms with Gasteiger partial charge in [0.2, 0.25) is 0 Å². The maximum Gasteiger partial charge on any atom is 0.258 e. The van der Waals surface area contributed by atoms with E-state index in [-0.39, 0.29) is 5.56 Å². The molecule has 0 fully saturated rings. The number of hydrogen-bond acceptors (Lipinski definition) is 2. The zero-order valence-corrected chi connectivity index (χ0v) is 16.5. The van der Waals surface area contributed by atoms with Crippen LogP contribution < -0.4 is 5.56 Å². The van der Waals surface area contributed by atoms with Crippen LogP contribution >= 0.6 is 0 Å². The molecule has 0 radical (unpaired) electrons. The molecule has 0 saturated carbocycles. The van der Waals surface area contributed by atoms with E-state index in [0.29, 0.717) is 0 Å². The van der Waals surface area contributed by atoms with Crippen LogP contribution in [-0.2, 0) is 0 Å². The summed E-state index contributed by atoms with van der Waals surface area (Å²) in [6, 6.07) is 3.68. The Balaban J connectivity index is 2.44. The first-order valence-corrected chi connectivity index (χ1v) is 8.73. The van der Waals surface area contributed by atoms with Crippen LogP contribution in [0, 0.1) is 55.4 Å². The number of aromatic nitrogens is 2. The Morgan fingerprint density at radius 1 is 0.720 bits per heavy atom.